The zero-order valence-electron chi connectivity index (χ0n) is 16.8. The first-order valence-corrected chi connectivity index (χ1v) is 10.9. The molecule has 0 aliphatic rings. The lowest BCUT2D eigenvalue weighted by Gasteiger charge is -2.08. The second kappa shape index (κ2) is 9.97. The zero-order chi connectivity index (χ0) is 22.5. The Hall–Kier alpha value is -3.16. The van der Waals surface area contributed by atoms with Crippen LogP contribution in [0.4, 0.5) is 10.1 Å². The molecule has 1 aromatic heterocycles. The van der Waals surface area contributed by atoms with Crippen LogP contribution in [-0.2, 0) is 13.2 Å². The maximum Gasteiger partial charge on any atom is 0.255 e. The summed E-state index contributed by atoms with van der Waals surface area (Å²) in [6, 6.07) is 19.3. The SMILES string of the molecule is O=C(Nc1cnn(Cc2c(F)cccc2Cl)c1)c1cccc(COc2cccc(Br)c2)c1. The molecule has 1 N–H and O–H groups in total. The van der Waals surface area contributed by atoms with Crippen LogP contribution >= 0.6 is 27.5 Å². The molecule has 32 heavy (non-hydrogen) atoms. The first-order chi connectivity index (χ1) is 15.5. The van der Waals surface area contributed by atoms with Gasteiger partial charge in [-0.1, -0.05) is 51.8 Å². The monoisotopic (exact) mass is 513 g/mol. The molecule has 0 radical (unpaired) electrons. The maximum absolute atomic E-state index is 14.0. The Morgan fingerprint density at radius 3 is 2.75 bits per heavy atom. The molecule has 0 aliphatic heterocycles. The van der Waals surface area contributed by atoms with Gasteiger partial charge in [-0.2, -0.15) is 5.10 Å². The smallest absolute Gasteiger partial charge is 0.255 e. The van der Waals surface area contributed by atoms with Crippen LogP contribution in [0.2, 0.25) is 5.02 Å². The Balaban J connectivity index is 1.39. The average Bonchev–Trinajstić information content (AvgIpc) is 3.22. The maximum atomic E-state index is 14.0. The Labute approximate surface area is 197 Å². The Kier molecular flexibility index (Phi) is 6.87. The van der Waals surface area contributed by atoms with Crippen molar-refractivity contribution in [3.8, 4) is 5.75 Å². The molecule has 0 spiro atoms. The van der Waals surface area contributed by atoms with Crippen molar-refractivity contribution >= 4 is 39.1 Å². The number of hydrogen-bond acceptors (Lipinski definition) is 3. The van der Waals surface area contributed by atoms with Crippen LogP contribution in [0.3, 0.4) is 0 Å². The van der Waals surface area contributed by atoms with Crippen LogP contribution in [0.25, 0.3) is 0 Å². The number of carbonyl (C=O) groups is 1. The highest BCUT2D eigenvalue weighted by Gasteiger charge is 2.11. The first-order valence-electron chi connectivity index (χ1n) is 9.72. The summed E-state index contributed by atoms with van der Waals surface area (Å²) in [5, 5.41) is 7.31. The lowest BCUT2D eigenvalue weighted by atomic mass is 10.1. The van der Waals surface area contributed by atoms with Crippen molar-refractivity contribution in [1.29, 1.82) is 0 Å². The second-order valence-electron chi connectivity index (χ2n) is 7.03. The highest BCUT2D eigenvalue weighted by molar-refractivity contribution is 9.10. The van der Waals surface area contributed by atoms with Crippen molar-refractivity contribution in [2.24, 2.45) is 0 Å². The number of carbonyl (C=O) groups excluding carboxylic acids is 1. The van der Waals surface area contributed by atoms with E-state index in [-0.39, 0.29) is 12.5 Å². The number of amides is 1. The third-order valence-electron chi connectivity index (χ3n) is 4.66. The van der Waals surface area contributed by atoms with E-state index in [4.69, 9.17) is 16.3 Å². The molecule has 0 saturated heterocycles. The van der Waals surface area contributed by atoms with E-state index in [1.165, 1.54) is 16.9 Å². The van der Waals surface area contributed by atoms with Gasteiger partial charge in [-0.05, 0) is 48.0 Å². The fourth-order valence-electron chi connectivity index (χ4n) is 3.09. The summed E-state index contributed by atoms with van der Waals surface area (Å²) in [5.41, 5.74) is 2.19. The molecular formula is C24H18BrClFN3O2. The molecule has 0 unspecified atom stereocenters. The van der Waals surface area contributed by atoms with Gasteiger partial charge in [0, 0.05) is 26.8 Å². The minimum Gasteiger partial charge on any atom is -0.489 e. The molecular weight excluding hydrogens is 497 g/mol. The lowest BCUT2D eigenvalue weighted by Crippen LogP contribution is -2.12. The normalized spacial score (nSPS) is 10.7. The standard InChI is InChI=1S/C24H18BrClFN3O2/c25-18-6-2-7-20(11-18)32-15-16-4-1-5-17(10-16)24(31)29-19-12-28-30(13-19)14-21-22(26)8-3-9-23(21)27/h1-13H,14-15H2,(H,29,31). The molecule has 1 amide bonds. The van der Waals surface area contributed by atoms with Gasteiger partial charge in [-0.25, -0.2) is 4.39 Å². The molecule has 1 heterocycles. The van der Waals surface area contributed by atoms with E-state index in [2.05, 4.69) is 26.3 Å². The highest BCUT2D eigenvalue weighted by atomic mass is 79.9. The molecule has 0 atom stereocenters. The third kappa shape index (κ3) is 5.55. The van der Waals surface area contributed by atoms with Crippen molar-refractivity contribution < 1.29 is 13.9 Å². The molecule has 0 fully saturated rings. The largest absolute Gasteiger partial charge is 0.489 e. The number of nitrogens with one attached hydrogen (secondary N) is 1. The minimum atomic E-state index is -0.402. The molecule has 162 valence electrons. The van der Waals surface area contributed by atoms with E-state index in [0.717, 1.165) is 15.8 Å². The van der Waals surface area contributed by atoms with Crippen LogP contribution in [0, 0.1) is 5.82 Å². The number of rotatable bonds is 7. The van der Waals surface area contributed by atoms with Crippen molar-refractivity contribution in [2.75, 3.05) is 5.32 Å². The topological polar surface area (TPSA) is 56.2 Å². The molecule has 0 saturated carbocycles. The fourth-order valence-corrected chi connectivity index (χ4v) is 3.69. The van der Waals surface area contributed by atoms with E-state index >= 15 is 0 Å². The predicted octanol–water partition coefficient (Wildman–Crippen LogP) is 6.32. The van der Waals surface area contributed by atoms with E-state index in [1.54, 1.807) is 36.5 Å². The van der Waals surface area contributed by atoms with Crippen LogP contribution in [0.1, 0.15) is 21.5 Å². The van der Waals surface area contributed by atoms with E-state index in [0.29, 0.717) is 28.4 Å². The molecule has 8 heteroatoms. The summed E-state index contributed by atoms with van der Waals surface area (Å²) in [4.78, 5) is 12.7. The van der Waals surface area contributed by atoms with Gasteiger partial charge in [0.25, 0.3) is 5.91 Å². The fraction of sp³-hybridized carbons (Fsp3) is 0.0833. The van der Waals surface area contributed by atoms with E-state index in [1.807, 2.05) is 30.3 Å². The van der Waals surface area contributed by atoms with Crippen molar-refractivity contribution in [1.82, 2.24) is 9.78 Å². The molecule has 5 nitrogen and oxygen atoms in total. The van der Waals surface area contributed by atoms with Gasteiger partial charge in [0.15, 0.2) is 0 Å². The van der Waals surface area contributed by atoms with Crippen LogP contribution in [-0.4, -0.2) is 15.7 Å². The zero-order valence-corrected chi connectivity index (χ0v) is 19.1. The number of nitrogens with zero attached hydrogens (tertiary/aromatic N) is 2. The molecule has 0 bridgehead atoms. The first kappa shape index (κ1) is 22.0. The summed E-state index contributed by atoms with van der Waals surface area (Å²) in [7, 11) is 0. The summed E-state index contributed by atoms with van der Waals surface area (Å²) in [6.45, 7) is 0.489. The summed E-state index contributed by atoms with van der Waals surface area (Å²) >= 11 is 9.49. The number of hydrogen-bond donors (Lipinski definition) is 1. The average molecular weight is 515 g/mol. The number of benzene rings is 3. The van der Waals surface area contributed by atoms with Gasteiger partial charge in [0.05, 0.1) is 18.4 Å². The highest BCUT2D eigenvalue weighted by Crippen LogP contribution is 2.21. The molecule has 0 aliphatic carbocycles. The van der Waals surface area contributed by atoms with Gasteiger partial charge in [-0.3, -0.25) is 9.48 Å². The van der Waals surface area contributed by atoms with Crippen molar-refractivity contribution in [3.63, 3.8) is 0 Å². The van der Waals surface area contributed by atoms with Gasteiger partial charge < -0.3 is 10.1 Å². The number of anilines is 1. The van der Waals surface area contributed by atoms with Gasteiger partial charge in [-0.15, -0.1) is 0 Å². The Bertz CT molecular complexity index is 1240. The molecule has 3 aromatic carbocycles. The Morgan fingerprint density at radius 1 is 1.12 bits per heavy atom. The minimum absolute atomic E-state index is 0.157. The van der Waals surface area contributed by atoms with E-state index < -0.39 is 5.82 Å². The lowest BCUT2D eigenvalue weighted by molar-refractivity contribution is 0.102. The predicted molar refractivity (Wildman–Crippen MR) is 126 cm³/mol. The third-order valence-corrected chi connectivity index (χ3v) is 5.51. The second-order valence-corrected chi connectivity index (χ2v) is 8.35. The van der Waals surface area contributed by atoms with Crippen molar-refractivity contribution in [2.45, 2.75) is 13.2 Å². The number of aromatic nitrogens is 2. The summed E-state index contributed by atoms with van der Waals surface area (Å²) in [5.74, 6) is 0.0508. The van der Waals surface area contributed by atoms with Gasteiger partial charge >= 0.3 is 0 Å². The van der Waals surface area contributed by atoms with E-state index in [9.17, 15) is 9.18 Å². The Morgan fingerprint density at radius 2 is 1.94 bits per heavy atom. The van der Waals surface area contributed by atoms with Gasteiger partial charge in [0.1, 0.15) is 18.2 Å². The number of halogens is 3. The summed E-state index contributed by atoms with van der Waals surface area (Å²) < 4.78 is 22.2. The van der Waals surface area contributed by atoms with Gasteiger partial charge in [0.2, 0.25) is 0 Å². The quantitative estimate of drug-likeness (QED) is 0.314. The van der Waals surface area contributed by atoms with Crippen LogP contribution < -0.4 is 10.1 Å². The van der Waals surface area contributed by atoms with Crippen LogP contribution in [0.15, 0.2) is 83.6 Å². The molecule has 4 rings (SSSR count). The number of ether oxygens (including phenoxy) is 1. The van der Waals surface area contributed by atoms with Crippen molar-refractivity contribution in [3.05, 3.63) is 111 Å². The molecule has 4 aromatic rings. The van der Waals surface area contributed by atoms with Crippen LogP contribution in [0.5, 0.6) is 5.75 Å². The summed E-state index contributed by atoms with van der Waals surface area (Å²) in [6.07, 6.45) is 3.13.